The molecule has 12 heteroatoms. The van der Waals surface area contributed by atoms with Crippen molar-refractivity contribution in [2.75, 3.05) is 13.1 Å². The van der Waals surface area contributed by atoms with Gasteiger partial charge in [-0.15, -0.1) is 0 Å². The number of hydrogen-bond donors (Lipinski definition) is 0. The topological polar surface area (TPSA) is 84.0 Å². The summed E-state index contributed by atoms with van der Waals surface area (Å²) in [6, 6.07) is 56.7. The van der Waals surface area contributed by atoms with Crippen LogP contribution in [0.4, 0.5) is 0 Å². The van der Waals surface area contributed by atoms with Crippen LogP contribution in [0.3, 0.4) is 0 Å². The maximum atomic E-state index is 15.1. The van der Waals surface area contributed by atoms with Gasteiger partial charge in [-0.25, -0.2) is 0 Å². The Morgan fingerprint density at radius 3 is 0.870 bits per heavy atom. The van der Waals surface area contributed by atoms with Crippen molar-refractivity contribution in [2.24, 2.45) is 0 Å². The normalized spacial score (nSPS) is 20.5. The van der Waals surface area contributed by atoms with Gasteiger partial charge in [0.2, 0.25) is 0 Å². The van der Waals surface area contributed by atoms with Crippen LogP contribution in [0.1, 0.15) is 11.1 Å². The van der Waals surface area contributed by atoms with Crippen LogP contribution in [0.15, 0.2) is 182 Å². The summed E-state index contributed by atoms with van der Waals surface area (Å²) < 4.78 is 37.0. The average Bonchev–Trinajstić information content (AvgIpc) is 3.56. The summed E-state index contributed by atoms with van der Waals surface area (Å²) in [5.74, 6) is 1.29. The molecule has 3 fully saturated rings. The molecule has 0 saturated carbocycles. The zero-order chi connectivity index (χ0) is 36.7. The molecule has 6 aromatic rings. The van der Waals surface area contributed by atoms with Gasteiger partial charge < -0.3 is 0 Å². The quantitative estimate of drug-likeness (QED) is 0.114. The Hall–Kier alpha value is -5.76. The maximum absolute atomic E-state index is 15.1. The summed E-state index contributed by atoms with van der Waals surface area (Å²) in [6.45, 7) is -0.200. The number of para-hydroxylation sites is 4. The molecule has 0 aliphatic carbocycles. The predicted molar refractivity (Wildman–Crippen MR) is 210 cm³/mol. The van der Waals surface area contributed by atoms with Crippen molar-refractivity contribution in [3.63, 3.8) is 0 Å². The molecule has 9 rings (SSSR count). The van der Waals surface area contributed by atoms with Crippen LogP contribution < -0.4 is 18.1 Å². The summed E-state index contributed by atoms with van der Waals surface area (Å²) in [6.07, 6.45) is 0. The van der Waals surface area contributed by atoms with Gasteiger partial charge in [-0.3, -0.25) is 0 Å². The number of amides is 2. The van der Waals surface area contributed by atoms with E-state index in [1.54, 1.807) is 9.34 Å². The first-order valence-electron chi connectivity index (χ1n) is 17.7. The van der Waals surface area contributed by atoms with E-state index in [9.17, 15) is 0 Å². The van der Waals surface area contributed by atoms with Gasteiger partial charge in [0.25, 0.3) is 0 Å². The summed E-state index contributed by atoms with van der Waals surface area (Å²) in [5, 5.41) is 0. The Balaban J connectivity index is 1.38. The van der Waals surface area contributed by atoms with E-state index in [-0.39, 0.29) is 38.0 Å². The monoisotopic (exact) mass is 756 g/mol. The van der Waals surface area contributed by atoms with E-state index in [0.29, 0.717) is 23.0 Å². The van der Waals surface area contributed by atoms with E-state index in [0.717, 1.165) is 11.1 Å². The van der Waals surface area contributed by atoms with E-state index in [4.69, 9.17) is 18.1 Å². The van der Waals surface area contributed by atoms with Crippen molar-refractivity contribution in [1.82, 2.24) is 18.2 Å². The number of rotatable bonds is 12. The molecule has 3 heterocycles. The first-order chi connectivity index (χ1) is 26.4. The second-order valence-corrected chi connectivity index (χ2v) is 20.8. The Morgan fingerprint density at radius 1 is 0.370 bits per heavy atom. The van der Waals surface area contributed by atoms with Crippen molar-refractivity contribution >= 4 is 26.8 Å². The average molecular weight is 757 g/mol. The zero-order valence-electron chi connectivity index (χ0n) is 29.3. The number of hydrogen-bond acceptors (Lipinski definition) is 8. The van der Waals surface area contributed by atoms with Gasteiger partial charge in [0.05, 0.1) is 0 Å². The van der Waals surface area contributed by atoms with E-state index >= 15 is 9.59 Å². The van der Waals surface area contributed by atoms with Crippen LogP contribution in [0.5, 0.6) is 23.0 Å². The van der Waals surface area contributed by atoms with Crippen LogP contribution in [0.2, 0.25) is 0 Å². The summed E-state index contributed by atoms with van der Waals surface area (Å²) in [7, 11) is -10.1. The van der Waals surface area contributed by atoms with E-state index in [2.05, 4.69) is 0 Å². The molecule has 2 amide bonds. The van der Waals surface area contributed by atoms with E-state index in [1.807, 2.05) is 191 Å². The zero-order valence-corrected chi connectivity index (χ0v) is 31.1. The number of benzene rings is 6. The van der Waals surface area contributed by atoms with Gasteiger partial charge >= 0.3 is 315 Å². The third kappa shape index (κ3) is 4.95. The Kier molecular flexibility index (Phi) is 8.18. The van der Waals surface area contributed by atoms with Crippen molar-refractivity contribution in [3.8, 4) is 23.0 Å². The van der Waals surface area contributed by atoms with Crippen LogP contribution in [-0.2, 0) is 22.7 Å². The number of carbonyl (C=O) groups excluding carboxylic acids is 2. The Labute approximate surface area is 314 Å². The fraction of sp³-hybridized carbons (Fsp3) is 0.0952. The molecule has 3 aliphatic heterocycles. The summed E-state index contributed by atoms with van der Waals surface area (Å²) in [4.78, 5) is 30.3. The third-order valence-electron chi connectivity index (χ3n) is 9.92. The van der Waals surface area contributed by atoms with Crippen LogP contribution >= 0.6 is 15.0 Å². The number of fused-ring (bicyclic) bond motifs is 4. The molecule has 0 aromatic heterocycles. The fourth-order valence-corrected chi connectivity index (χ4v) is 22.4. The minimum absolute atomic E-state index is 0.125. The molecular formula is C42H38N4O6P2. The van der Waals surface area contributed by atoms with Gasteiger partial charge in [-0.05, 0) is 0 Å². The molecule has 272 valence electrons. The van der Waals surface area contributed by atoms with E-state index in [1.165, 1.54) is 0 Å². The SMILES string of the molecule is O=C1CN2P(Oc3ccccc3)(Oc3ccccc3)(N1Cc1ccccc1)N1CC(=O)N(Cc3ccccc3)P21(Oc1ccccc1)Oc1ccccc1. The van der Waals surface area contributed by atoms with Gasteiger partial charge in [0, 0.05) is 0 Å². The molecular weight excluding hydrogens is 718 g/mol. The molecule has 0 spiro atoms. The van der Waals surface area contributed by atoms with Gasteiger partial charge in [-0.2, -0.15) is 0 Å². The van der Waals surface area contributed by atoms with Crippen LogP contribution in [-0.4, -0.2) is 43.1 Å². The van der Waals surface area contributed by atoms with E-state index < -0.39 is 15.0 Å². The number of carbonyl (C=O) groups is 2. The van der Waals surface area contributed by atoms with Crippen LogP contribution in [0.25, 0.3) is 0 Å². The Morgan fingerprint density at radius 2 is 0.611 bits per heavy atom. The molecule has 54 heavy (non-hydrogen) atoms. The number of nitrogens with zero attached hydrogens (tertiary/aromatic N) is 4. The molecule has 3 saturated heterocycles. The van der Waals surface area contributed by atoms with Crippen LogP contribution in [0, 0.1) is 0 Å². The van der Waals surface area contributed by atoms with Gasteiger partial charge in [0.1, 0.15) is 0 Å². The van der Waals surface area contributed by atoms with Crippen molar-refractivity contribution in [2.45, 2.75) is 13.1 Å². The fourth-order valence-electron chi connectivity index (χ4n) is 7.71. The Bertz CT molecular complexity index is 2030. The minimum atomic E-state index is -5.05. The van der Waals surface area contributed by atoms with Crippen molar-refractivity contribution < 1.29 is 27.7 Å². The standard InChI is InChI=1S/C42H38N4O6P2/c47-41-33-45-53(49-37-23-11-3-12-24-37,50-38-25-13-4-14-26-38,43(41)31-35-19-7-1-8-20-35)46-34-42(48)44(32-36-21-9-2-10-22-36)54(45,46,51-39-27-15-5-16-28-39)52-40-29-17-6-18-30-40/h1-30H,31-34H2. The molecule has 3 aliphatic rings. The molecule has 10 nitrogen and oxygen atoms in total. The summed E-state index contributed by atoms with van der Waals surface area (Å²) in [5.41, 5.74) is 1.72. The molecule has 0 atom stereocenters. The van der Waals surface area contributed by atoms with Gasteiger partial charge in [-0.1, -0.05) is 0 Å². The van der Waals surface area contributed by atoms with Crippen molar-refractivity contribution in [3.05, 3.63) is 193 Å². The second kappa shape index (κ2) is 13.0. The third-order valence-corrected chi connectivity index (χ3v) is 21.8. The molecule has 0 radical (unpaired) electrons. The van der Waals surface area contributed by atoms with Crippen molar-refractivity contribution in [1.29, 1.82) is 0 Å². The molecule has 6 aromatic carbocycles. The van der Waals surface area contributed by atoms with Gasteiger partial charge in [0.15, 0.2) is 0 Å². The first kappa shape index (κ1) is 34.0. The first-order valence-corrected chi connectivity index (χ1v) is 21.6. The second-order valence-electron chi connectivity index (χ2n) is 13.2. The molecule has 0 bridgehead atoms. The molecule has 0 N–H and O–H groups in total. The molecule has 0 unspecified atom stereocenters. The predicted octanol–water partition coefficient (Wildman–Crippen LogP) is 9.26. The summed E-state index contributed by atoms with van der Waals surface area (Å²) >= 11 is 0.